The highest BCUT2D eigenvalue weighted by Gasteiger charge is 2.21. The smallest absolute Gasteiger partial charge is 0.347 e. The lowest BCUT2D eigenvalue weighted by atomic mass is 10.0. The average Bonchev–Trinajstić information content (AvgIpc) is 2.41. The van der Waals surface area contributed by atoms with E-state index in [0.717, 1.165) is 24.2 Å². The van der Waals surface area contributed by atoms with Crippen molar-refractivity contribution in [2.24, 2.45) is 0 Å². The standard InChI is InChI=1S/C17H26O3/c1-6-7-8-16(17(18)19-5)20-15-10-13(4)9-14(11-15)12(2)3/h9-12,16H,6-8H2,1-5H3. The van der Waals surface area contributed by atoms with Crippen LogP contribution in [0.15, 0.2) is 18.2 Å². The molecule has 20 heavy (non-hydrogen) atoms. The fraction of sp³-hybridized carbons (Fsp3) is 0.588. The Morgan fingerprint density at radius 3 is 2.50 bits per heavy atom. The molecule has 0 bridgehead atoms. The van der Waals surface area contributed by atoms with Gasteiger partial charge in [0.1, 0.15) is 5.75 Å². The van der Waals surface area contributed by atoms with E-state index < -0.39 is 6.10 Å². The van der Waals surface area contributed by atoms with Gasteiger partial charge >= 0.3 is 5.97 Å². The largest absolute Gasteiger partial charge is 0.479 e. The summed E-state index contributed by atoms with van der Waals surface area (Å²) in [6.07, 6.45) is 2.15. The Morgan fingerprint density at radius 2 is 1.95 bits per heavy atom. The summed E-state index contributed by atoms with van der Waals surface area (Å²) in [5, 5.41) is 0. The van der Waals surface area contributed by atoms with Gasteiger partial charge in [-0.2, -0.15) is 0 Å². The van der Waals surface area contributed by atoms with Crippen LogP contribution in [0.5, 0.6) is 5.75 Å². The zero-order valence-electron chi connectivity index (χ0n) is 13.2. The lowest BCUT2D eigenvalue weighted by Gasteiger charge is -2.18. The molecule has 0 N–H and O–H groups in total. The molecular weight excluding hydrogens is 252 g/mol. The van der Waals surface area contributed by atoms with Crippen LogP contribution in [-0.2, 0) is 9.53 Å². The summed E-state index contributed by atoms with van der Waals surface area (Å²) in [6, 6.07) is 6.13. The molecule has 3 nitrogen and oxygen atoms in total. The summed E-state index contributed by atoms with van der Waals surface area (Å²) in [5.41, 5.74) is 2.37. The Labute approximate surface area is 122 Å². The van der Waals surface area contributed by atoms with Gasteiger partial charge in [0.2, 0.25) is 0 Å². The van der Waals surface area contributed by atoms with Crippen LogP contribution in [0.3, 0.4) is 0 Å². The van der Waals surface area contributed by atoms with E-state index in [9.17, 15) is 4.79 Å². The molecule has 0 saturated heterocycles. The Balaban J connectivity index is 2.89. The van der Waals surface area contributed by atoms with Gasteiger partial charge in [-0.05, 0) is 48.9 Å². The molecule has 112 valence electrons. The van der Waals surface area contributed by atoms with Crippen LogP contribution in [0.2, 0.25) is 0 Å². The normalized spacial score (nSPS) is 12.3. The number of carbonyl (C=O) groups is 1. The van der Waals surface area contributed by atoms with Crippen LogP contribution in [0.25, 0.3) is 0 Å². The quantitative estimate of drug-likeness (QED) is 0.700. The summed E-state index contributed by atoms with van der Waals surface area (Å²) >= 11 is 0. The number of benzene rings is 1. The first-order chi connectivity index (χ1) is 9.47. The van der Waals surface area contributed by atoms with Gasteiger partial charge in [-0.25, -0.2) is 4.79 Å². The second-order valence-electron chi connectivity index (χ2n) is 5.51. The molecule has 1 atom stereocenters. The molecule has 0 amide bonds. The number of unbranched alkanes of at least 4 members (excludes halogenated alkanes) is 1. The second-order valence-corrected chi connectivity index (χ2v) is 5.51. The highest BCUT2D eigenvalue weighted by atomic mass is 16.6. The molecule has 0 fully saturated rings. The third-order valence-electron chi connectivity index (χ3n) is 3.30. The van der Waals surface area contributed by atoms with Gasteiger partial charge in [0.25, 0.3) is 0 Å². The van der Waals surface area contributed by atoms with E-state index in [-0.39, 0.29) is 5.97 Å². The van der Waals surface area contributed by atoms with Crippen molar-refractivity contribution in [3.05, 3.63) is 29.3 Å². The predicted octanol–water partition coefficient (Wildman–Crippen LogP) is 4.23. The lowest BCUT2D eigenvalue weighted by Crippen LogP contribution is -2.28. The Morgan fingerprint density at radius 1 is 1.25 bits per heavy atom. The molecule has 1 aromatic rings. The third-order valence-corrected chi connectivity index (χ3v) is 3.30. The van der Waals surface area contributed by atoms with Gasteiger partial charge in [0.05, 0.1) is 7.11 Å². The first kappa shape index (κ1) is 16.5. The van der Waals surface area contributed by atoms with Gasteiger partial charge in [-0.3, -0.25) is 0 Å². The van der Waals surface area contributed by atoms with Crippen molar-refractivity contribution in [2.75, 3.05) is 7.11 Å². The number of aryl methyl sites for hydroxylation is 1. The van der Waals surface area contributed by atoms with E-state index in [1.807, 2.05) is 19.1 Å². The van der Waals surface area contributed by atoms with Gasteiger partial charge in [-0.15, -0.1) is 0 Å². The highest BCUT2D eigenvalue weighted by molar-refractivity contribution is 5.74. The summed E-state index contributed by atoms with van der Waals surface area (Å²) in [7, 11) is 1.40. The van der Waals surface area contributed by atoms with Crippen molar-refractivity contribution in [1.29, 1.82) is 0 Å². The third kappa shape index (κ3) is 4.87. The van der Waals surface area contributed by atoms with Crippen LogP contribution < -0.4 is 4.74 Å². The second kappa shape index (κ2) is 7.93. The Bertz CT molecular complexity index is 438. The highest BCUT2D eigenvalue weighted by Crippen LogP contribution is 2.24. The maximum absolute atomic E-state index is 11.8. The molecule has 0 aromatic heterocycles. The molecule has 0 radical (unpaired) electrons. The number of hydrogen-bond donors (Lipinski definition) is 0. The van der Waals surface area contributed by atoms with E-state index in [0.29, 0.717) is 12.3 Å². The van der Waals surface area contributed by atoms with Crippen LogP contribution in [0, 0.1) is 6.92 Å². The molecule has 0 heterocycles. The number of methoxy groups -OCH3 is 1. The molecule has 1 aromatic carbocycles. The minimum Gasteiger partial charge on any atom is -0.479 e. The van der Waals surface area contributed by atoms with Crippen LogP contribution in [0.1, 0.15) is 57.1 Å². The first-order valence-corrected chi connectivity index (χ1v) is 7.34. The fourth-order valence-corrected chi connectivity index (χ4v) is 2.09. The van der Waals surface area contributed by atoms with E-state index in [4.69, 9.17) is 9.47 Å². The molecule has 0 spiro atoms. The van der Waals surface area contributed by atoms with Crippen molar-refractivity contribution in [3.8, 4) is 5.75 Å². The van der Waals surface area contributed by atoms with Crippen molar-refractivity contribution >= 4 is 5.97 Å². The van der Waals surface area contributed by atoms with Gasteiger partial charge in [0.15, 0.2) is 6.10 Å². The van der Waals surface area contributed by atoms with Crippen molar-refractivity contribution in [2.45, 2.75) is 59.0 Å². The predicted molar refractivity (Wildman–Crippen MR) is 81.2 cm³/mol. The van der Waals surface area contributed by atoms with Gasteiger partial charge in [-0.1, -0.05) is 33.3 Å². The van der Waals surface area contributed by atoms with Crippen LogP contribution in [-0.4, -0.2) is 19.2 Å². The van der Waals surface area contributed by atoms with Crippen molar-refractivity contribution in [3.63, 3.8) is 0 Å². The van der Waals surface area contributed by atoms with Gasteiger partial charge in [0, 0.05) is 0 Å². The summed E-state index contributed by atoms with van der Waals surface area (Å²) in [5.74, 6) is 0.885. The van der Waals surface area contributed by atoms with Gasteiger partial charge < -0.3 is 9.47 Å². The average molecular weight is 278 g/mol. The number of rotatable bonds is 7. The van der Waals surface area contributed by atoms with Crippen LogP contribution >= 0.6 is 0 Å². The molecule has 0 aliphatic heterocycles. The zero-order chi connectivity index (χ0) is 15.1. The zero-order valence-corrected chi connectivity index (χ0v) is 13.2. The molecule has 0 saturated carbocycles. The molecule has 0 aliphatic carbocycles. The maximum atomic E-state index is 11.8. The Kier molecular flexibility index (Phi) is 6.56. The number of esters is 1. The number of hydrogen-bond acceptors (Lipinski definition) is 3. The fourth-order valence-electron chi connectivity index (χ4n) is 2.09. The number of carbonyl (C=O) groups excluding carboxylic acids is 1. The van der Waals surface area contributed by atoms with Crippen LogP contribution in [0.4, 0.5) is 0 Å². The molecule has 3 heteroatoms. The molecule has 1 rings (SSSR count). The minimum absolute atomic E-state index is 0.300. The summed E-state index contributed by atoms with van der Waals surface area (Å²) < 4.78 is 10.7. The lowest BCUT2D eigenvalue weighted by molar-refractivity contribution is -0.149. The maximum Gasteiger partial charge on any atom is 0.347 e. The van der Waals surface area contributed by atoms with Crippen molar-refractivity contribution < 1.29 is 14.3 Å². The minimum atomic E-state index is -0.512. The van der Waals surface area contributed by atoms with E-state index >= 15 is 0 Å². The monoisotopic (exact) mass is 278 g/mol. The SMILES string of the molecule is CCCCC(Oc1cc(C)cc(C(C)C)c1)C(=O)OC. The summed E-state index contributed by atoms with van der Waals surface area (Å²) in [4.78, 5) is 11.8. The first-order valence-electron chi connectivity index (χ1n) is 7.34. The molecule has 1 unspecified atom stereocenters. The Hall–Kier alpha value is -1.51. The van der Waals surface area contributed by atoms with Crippen molar-refractivity contribution in [1.82, 2.24) is 0 Å². The molecule has 0 aliphatic rings. The topological polar surface area (TPSA) is 35.5 Å². The van der Waals surface area contributed by atoms with E-state index in [1.165, 1.54) is 12.7 Å². The van der Waals surface area contributed by atoms with E-state index in [1.54, 1.807) is 0 Å². The van der Waals surface area contributed by atoms with E-state index in [2.05, 4.69) is 26.8 Å². The molecular formula is C17H26O3. The number of ether oxygens (including phenoxy) is 2. The summed E-state index contributed by atoms with van der Waals surface area (Å²) in [6.45, 7) is 8.43.